The van der Waals surface area contributed by atoms with Crippen LogP contribution in [0.5, 0.6) is 0 Å². The van der Waals surface area contributed by atoms with E-state index in [2.05, 4.69) is 36.4 Å². The summed E-state index contributed by atoms with van der Waals surface area (Å²) >= 11 is 0. The predicted molar refractivity (Wildman–Crippen MR) is 109 cm³/mol. The van der Waals surface area contributed by atoms with Crippen molar-refractivity contribution >= 4 is 5.78 Å². The van der Waals surface area contributed by atoms with E-state index in [1.807, 2.05) is 72.8 Å². The number of Topliss-reactive ketones (excluding diaryl/α,β-unsaturated/α-hetero) is 1. The third-order valence-corrected chi connectivity index (χ3v) is 5.55. The van der Waals surface area contributed by atoms with Crippen LogP contribution in [0.3, 0.4) is 0 Å². The number of benzene rings is 4. The Morgan fingerprint density at radius 3 is 1.48 bits per heavy atom. The van der Waals surface area contributed by atoms with Gasteiger partial charge in [0, 0.05) is 5.56 Å². The summed E-state index contributed by atoms with van der Waals surface area (Å²) in [6.07, 6.45) is 0. The van der Waals surface area contributed by atoms with E-state index in [9.17, 15) is 4.79 Å². The fourth-order valence-corrected chi connectivity index (χ4v) is 4.40. The minimum atomic E-state index is -0.840. The van der Waals surface area contributed by atoms with Crippen LogP contribution in [0.15, 0.2) is 109 Å². The van der Waals surface area contributed by atoms with Gasteiger partial charge in [-0.1, -0.05) is 109 Å². The molecular weight excluding hydrogens is 328 g/mol. The topological polar surface area (TPSA) is 17.1 Å². The van der Waals surface area contributed by atoms with E-state index in [-0.39, 0.29) is 5.78 Å². The van der Waals surface area contributed by atoms with Gasteiger partial charge in [-0.25, -0.2) is 0 Å². The second-order valence-electron chi connectivity index (χ2n) is 6.90. The van der Waals surface area contributed by atoms with Crippen molar-refractivity contribution in [3.05, 3.63) is 131 Å². The van der Waals surface area contributed by atoms with Crippen LogP contribution in [0.2, 0.25) is 0 Å². The van der Waals surface area contributed by atoms with Crippen LogP contribution in [0.1, 0.15) is 27.0 Å². The molecule has 4 aromatic rings. The van der Waals surface area contributed by atoms with E-state index in [0.717, 1.165) is 33.4 Å². The zero-order chi connectivity index (χ0) is 18.3. The Morgan fingerprint density at radius 1 is 0.444 bits per heavy atom. The fraction of sp³-hybridized carbons (Fsp3) is 0.0385. The largest absolute Gasteiger partial charge is 0.292 e. The van der Waals surface area contributed by atoms with E-state index in [4.69, 9.17) is 0 Å². The minimum absolute atomic E-state index is 0.134. The van der Waals surface area contributed by atoms with Gasteiger partial charge in [-0.05, 0) is 27.8 Å². The van der Waals surface area contributed by atoms with Crippen LogP contribution in [-0.4, -0.2) is 5.78 Å². The van der Waals surface area contributed by atoms with Crippen molar-refractivity contribution in [3.63, 3.8) is 0 Å². The molecule has 0 amide bonds. The van der Waals surface area contributed by atoms with Gasteiger partial charge in [-0.15, -0.1) is 0 Å². The Hall–Kier alpha value is -3.45. The second-order valence-corrected chi connectivity index (χ2v) is 6.90. The predicted octanol–water partition coefficient (Wildman–Crippen LogP) is 5.88. The van der Waals surface area contributed by atoms with E-state index >= 15 is 0 Å². The molecule has 0 bridgehead atoms. The number of carbonyl (C=O) groups is 1. The molecule has 0 saturated carbocycles. The lowest BCUT2D eigenvalue weighted by atomic mass is 9.60. The number of ketones is 1. The maximum atomic E-state index is 14.1. The normalized spacial score (nSPS) is 14.3. The molecule has 1 aliphatic rings. The molecule has 0 atom stereocenters. The molecule has 0 unspecified atom stereocenters. The molecule has 0 saturated heterocycles. The van der Waals surface area contributed by atoms with Gasteiger partial charge >= 0.3 is 0 Å². The smallest absolute Gasteiger partial charge is 0.182 e. The van der Waals surface area contributed by atoms with Crippen molar-refractivity contribution < 1.29 is 4.79 Å². The first-order valence-corrected chi connectivity index (χ1v) is 9.18. The highest BCUT2D eigenvalue weighted by Crippen LogP contribution is 2.50. The Morgan fingerprint density at radius 2 is 0.889 bits per heavy atom. The first-order chi connectivity index (χ1) is 13.3. The van der Waals surface area contributed by atoms with E-state index < -0.39 is 5.41 Å². The molecule has 0 fully saturated rings. The fourth-order valence-electron chi connectivity index (χ4n) is 4.40. The van der Waals surface area contributed by atoms with Gasteiger partial charge in [0.05, 0.1) is 0 Å². The highest BCUT2D eigenvalue weighted by molar-refractivity contribution is 6.16. The van der Waals surface area contributed by atoms with Gasteiger partial charge in [-0.2, -0.15) is 0 Å². The quantitative estimate of drug-likeness (QED) is 0.443. The number of hydrogen-bond donors (Lipinski definition) is 0. The molecule has 128 valence electrons. The van der Waals surface area contributed by atoms with E-state index in [1.165, 1.54) is 0 Å². The Kier molecular flexibility index (Phi) is 3.54. The summed E-state index contributed by atoms with van der Waals surface area (Å²) in [4.78, 5) is 14.1. The zero-order valence-electron chi connectivity index (χ0n) is 14.8. The lowest BCUT2D eigenvalue weighted by Crippen LogP contribution is -2.41. The molecule has 27 heavy (non-hydrogen) atoms. The van der Waals surface area contributed by atoms with Crippen LogP contribution >= 0.6 is 0 Å². The molecule has 0 radical (unpaired) electrons. The summed E-state index contributed by atoms with van der Waals surface area (Å²) in [5.41, 5.74) is 5.13. The molecular formula is C26H18O. The third-order valence-electron chi connectivity index (χ3n) is 5.55. The number of hydrogen-bond acceptors (Lipinski definition) is 1. The molecule has 0 N–H and O–H groups in total. The van der Waals surface area contributed by atoms with Gasteiger partial charge in [0.1, 0.15) is 5.41 Å². The Bertz CT molecular complexity index is 1090. The maximum Gasteiger partial charge on any atom is 0.182 e. The third kappa shape index (κ3) is 2.15. The second kappa shape index (κ2) is 6.07. The zero-order valence-corrected chi connectivity index (χ0v) is 14.8. The van der Waals surface area contributed by atoms with Gasteiger partial charge in [0.2, 0.25) is 0 Å². The SMILES string of the molecule is O=C1c2ccccc2-c2ccccc2C1(c1ccccc1)c1ccccc1. The average Bonchev–Trinajstić information content (AvgIpc) is 2.76. The maximum absolute atomic E-state index is 14.1. The molecule has 1 aliphatic carbocycles. The van der Waals surface area contributed by atoms with Gasteiger partial charge in [-0.3, -0.25) is 4.79 Å². The van der Waals surface area contributed by atoms with Crippen LogP contribution in [-0.2, 0) is 5.41 Å². The van der Waals surface area contributed by atoms with Crippen LogP contribution in [0, 0.1) is 0 Å². The Labute approximate surface area is 158 Å². The lowest BCUT2D eigenvalue weighted by molar-refractivity contribution is 0.0933. The lowest BCUT2D eigenvalue weighted by Gasteiger charge is -2.39. The van der Waals surface area contributed by atoms with E-state index in [1.54, 1.807) is 0 Å². The van der Waals surface area contributed by atoms with Crippen molar-refractivity contribution in [1.82, 2.24) is 0 Å². The van der Waals surface area contributed by atoms with Crippen molar-refractivity contribution in [2.45, 2.75) is 5.41 Å². The summed E-state index contributed by atoms with van der Waals surface area (Å²) in [5.74, 6) is 0.134. The van der Waals surface area contributed by atoms with Crippen molar-refractivity contribution in [2.24, 2.45) is 0 Å². The Balaban J connectivity index is 1.96. The van der Waals surface area contributed by atoms with Crippen molar-refractivity contribution in [3.8, 4) is 11.1 Å². The highest BCUT2D eigenvalue weighted by Gasteiger charge is 2.48. The molecule has 1 heteroatoms. The van der Waals surface area contributed by atoms with E-state index in [0.29, 0.717) is 0 Å². The summed E-state index contributed by atoms with van der Waals surface area (Å²) in [6.45, 7) is 0. The summed E-state index contributed by atoms with van der Waals surface area (Å²) < 4.78 is 0. The minimum Gasteiger partial charge on any atom is -0.292 e. The first kappa shape index (κ1) is 15.8. The van der Waals surface area contributed by atoms with Crippen molar-refractivity contribution in [1.29, 1.82) is 0 Å². The molecule has 0 aromatic heterocycles. The molecule has 4 aromatic carbocycles. The van der Waals surface area contributed by atoms with Gasteiger partial charge in [0.15, 0.2) is 5.78 Å². The highest BCUT2D eigenvalue weighted by atomic mass is 16.1. The number of fused-ring (bicyclic) bond motifs is 3. The summed E-state index contributed by atoms with van der Waals surface area (Å²) in [6, 6.07) is 36.5. The standard InChI is InChI=1S/C26H18O/c27-25-23-17-8-7-15-21(23)22-16-9-10-18-24(22)26(25,19-11-3-1-4-12-19)20-13-5-2-6-14-20/h1-18H. The molecule has 0 spiro atoms. The monoisotopic (exact) mass is 346 g/mol. The van der Waals surface area contributed by atoms with Crippen LogP contribution in [0.25, 0.3) is 11.1 Å². The van der Waals surface area contributed by atoms with Gasteiger partial charge in [0.25, 0.3) is 0 Å². The number of carbonyl (C=O) groups excluding carboxylic acids is 1. The molecule has 0 heterocycles. The van der Waals surface area contributed by atoms with Crippen LogP contribution in [0.4, 0.5) is 0 Å². The first-order valence-electron chi connectivity index (χ1n) is 9.18. The summed E-state index contributed by atoms with van der Waals surface area (Å²) in [5, 5.41) is 0. The average molecular weight is 346 g/mol. The van der Waals surface area contributed by atoms with Gasteiger partial charge < -0.3 is 0 Å². The molecule has 1 nitrogen and oxygen atoms in total. The van der Waals surface area contributed by atoms with Crippen LogP contribution < -0.4 is 0 Å². The molecule has 0 aliphatic heterocycles. The van der Waals surface area contributed by atoms with Crippen molar-refractivity contribution in [2.75, 3.05) is 0 Å². The number of rotatable bonds is 2. The summed E-state index contributed by atoms with van der Waals surface area (Å²) in [7, 11) is 0. The molecule has 5 rings (SSSR count).